The van der Waals surface area contributed by atoms with Gasteiger partial charge in [0.25, 0.3) is 0 Å². The first kappa shape index (κ1) is 13.5. The van der Waals surface area contributed by atoms with E-state index in [4.69, 9.17) is 9.47 Å². The molecule has 1 unspecified atom stereocenters. The van der Waals surface area contributed by atoms with Gasteiger partial charge in [-0.3, -0.25) is 0 Å². The van der Waals surface area contributed by atoms with Gasteiger partial charge in [-0.1, -0.05) is 0 Å². The number of ether oxygens (including phenoxy) is 2. The zero-order valence-corrected chi connectivity index (χ0v) is 11.2. The minimum atomic E-state index is -0.462. The summed E-state index contributed by atoms with van der Waals surface area (Å²) < 4.78 is 12.7. The maximum absolute atomic E-state index is 9.59. The molecule has 0 spiro atoms. The third-order valence-electron chi connectivity index (χ3n) is 2.95. The summed E-state index contributed by atoms with van der Waals surface area (Å²) >= 11 is 0. The number of rotatable bonds is 6. The molecule has 19 heavy (non-hydrogen) atoms. The van der Waals surface area contributed by atoms with Crippen molar-refractivity contribution in [2.24, 2.45) is 0 Å². The van der Waals surface area contributed by atoms with Gasteiger partial charge in [0.2, 0.25) is 0 Å². The van der Waals surface area contributed by atoms with Crippen LogP contribution in [0.4, 0.5) is 0 Å². The highest BCUT2D eigenvalue weighted by molar-refractivity contribution is 5.31. The Hall–Kier alpha value is -1.94. The summed E-state index contributed by atoms with van der Waals surface area (Å²) in [5.74, 6) is 1.63. The van der Waals surface area contributed by atoms with E-state index in [-0.39, 0.29) is 0 Å². The van der Waals surface area contributed by atoms with Gasteiger partial charge in [-0.15, -0.1) is 0 Å². The van der Waals surface area contributed by atoms with Gasteiger partial charge < -0.3 is 19.1 Å². The fraction of sp³-hybridized carbons (Fsp3) is 0.333. The van der Waals surface area contributed by atoms with Crippen LogP contribution >= 0.6 is 0 Å². The molecule has 0 fully saturated rings. The number of nitrogens with zero attached hydrogens (tertiary/aromatic N) is 1. The molecule has 0 aliphatic heterocycles. The number of aliphatic hydroxyl groups excluding tert-OH is 1. The summed E-state index contributed by atoms with van der Waals surface area (Å²) in [5, 5.41) is 9.59. The van der Waals surface area contributed by atoms with E-state index < -0.39 is 6.10 Å². The number of aliphatic hydroxyl groups is 1. The van der Waals surface area contributed by atoms with Crippen molar-refractivity contribution in [1.82, 2.24) is 4.57 Å². The molecule has 1 heterocycles. The van der Waals surface area contributed by atoms with E-state index in [0.29, 0.717) is 13.2 Å². The van der Waals surface area contributed by atoms with Gasteiger partial charge in [-0.25, -0.2) is 0 Å². The van der Waals surface area contributed by atoms with Crippen molar-refractivity contribution in [3.8, 4) is 11.5 Å². The van der Waals surface area contributed by atoms with E-state index in [2.05, 4.69) is 0 Å². The molecule has 0 bridgehead atoms. The first-order valence-electron chi connectivity index (χ1n) is 6.30. The molecule has 0 aliphatic carbocycles. The Kier molecular flexibility index (Phi) is 4.47. The molecule has 0 aliphatic rings. The van der Waals surface area contributed by atoms with Crippen LogP contribution in [0, 0.1) is 0 Å². The first-order valence-corrected chi connectivity index (χ1v) is 6.30. The minimum Gasteiger partial charge on any atom is -0.497 e. The Bertz CT molecular complexity index is 502. The van der Waals surface area contributed by atoms with Gasteiger partial charge in [-0.2, -0.15) is 0 Å². The van der Waals surface area contributed by atoms with E-state index in [9.17, 15) is 5.11 Å². The molecule has 0 amide bonds. The molecule has 2 rings (SSSR count). The van der Waals surface area contributed by atoms with Crippen molar-refractivity contribution in [2.75, 3.05) is 13.7 Å². The minimum absolute atomic E-state index is 0.462. The summed E-state index contributed by atoms with van der Waals surface area (Å²) in [6.07, 6.45) is 1.48. The Morgan fingerprint density at radius 1 is 1.16 bits per heavy atom. The zero-order valence-electron chi connectivity index (χ0n) is 11.2. The van der Waals surface area contributed by atoms with Crippen LogP contribution in [0.15, 0.2) is 42.6 Å². The highest BCUT2D eigenvalue weighted by atomic mass is 16.5. The lowest BCUT2D eigenvalue weighted by molar-refractivity contribution is 0.186. The fourth-order valence-electron chi connectivity index (χ4n) is 1.94. The van der Waals surface area contributed by atoms with E-state index in [1.54, 1.807) is 14.0 Å². The van der Waals surface area contributed by atoms with Crippen molar-refractivity contribution in [1.29, 1.82) is 0 Å². The molecule has 0 saturated carbocycles. The molecule has 1 aromatic carbocycles. The molecular formula is C15H19NO3. The van der Waals surface area contributed by atoms with Gasteiger partial charge in [-0.05, 0) is 43.3 Å². The summed E-state index contributed by atoms with van der Waals surface area (Å²) in [4.78, 5) is 0. The predicted octanol–water partition coefficient (Wildman–Crippen LogP) is 2.63. The van der Waals surface area contributed by atoms with Gasteiger partial charge in [0.1, 0.15) is 18.1 Å². The Labute approximate surface area is 113 Å². The summed E-state index contributed by atoms with van der Waals surface area (Å²) in [5.41, 5.74) is 0.901. The number of benzene rings is 1. The van der Waals surface area contributed by atoms with Crippen LogP contribution < -0.4 is 9.47 Å². The highest BCUT2D eigenvalue weighted by Crippen LogP contribution is 2.17. The van der Waals surface area contributed by atoms with Gasteiger partial charge in [0.05, 0.1) is 19.8 Å². The van der Waals surface area contributed by atoms with E-state index in [1.165, 1.54) is 0 Å². The standard InChI is InChI=1S/C15H19NO3/c1-12(17)15-4-3-9-16(15)10-11-19-14-7-5-13(18-2)6-8-14/h3-9,12,17H,10-11H2,1-2H3. The lowest BCUT2D eigenvalue weighted by atomic mass is 10.3. The fourth-order valence-corrected chi connectivity index (χ4v) is 1.94. The van der Waals surface area contributed by atoms with E-state index >= 15 is 0 Å². The maximum atomic E-state index is 9.59. The van der Waals surface area contributed by atoms with Crippen molar-refractivity contribution < 1.29 is 14.6 Å². The average molecular weight is 261 g/mol. The molecular weight excluding hydrogens is 242 g/mol. The van der Waals surface area contributed by atoms with Crippen molar-refractivity contribution in [2.45, 2.75) is 19.6 Å². The SMILES string of the molecule is COc1ccc(OCCn2cccc2C(C)O)cc1. The molecule has 1 aromatic heterocycles. The van der Waals surface area contributed by atoms with Crippen LogP contribution in [-0.4, -0.2) is 23.4 Å². The van der Waals surface area contributed by atoms with Crippen LogP contribution in [0.2, 0.25) is 0 Å². The number of aromatic nitrogens is 1. The van der Waals surface area contributed by atoms with Gasteiger partial charge >= 0.3 is 0 Å². The number of methoxy groups -OCH3 is 1. The van der Waals surface area contributed by atoms with Gasteiger partial charge in [0, 0.05) is 11.9 Å². The lowest BCUT2D eigenvalue weighted by Crippen LogP contribution is -2.11. The molecule has 4 heteroatoms. The lowest BCUT2D eigenvalue weighted by Gasteiger charge is -2.12. The average Bonchev–Trinajstić information content (AvgIpc) is 2.88. The summed E-state index contributed by atoms with van der Waals surface area (Å²) in [6, 6.07) is 11.3. The normalized spacial score (nSPS) is 12.2. The quantitative estimate of drug-likeness (QED) is 0.869. The summed E-state index contributed by atoms with van der Waals surface area (Å²) in [6.45, 7) is 3.02. The Balaban J connectivity index is 1.87. The molecule has 4 nitrogen and oxygen atoms in total. The topological polar surface area (TPSA) is 43.6 Å². The highest BCUT2D eigenvalue weighted by Gasteiger charge is 2.06. The first-order chi connectivity index (χ1) is 9.20. The Morgan fingerprint density at radius 3 is 2.47 bits per heavy atom. The second-order valence-corrected chi connectivity index (χ2v) is 4.33. The molecule has 102 valence electrons. The zero-order chi connectivity index (χ0) is 13.7. The van der Waals surface area contributed by atoms with Crippen LogP contribution in [0.1, 0.15) is 18.7 Å². The second-order valence-electron chi connectivity index (χ2n) is 4.33. The molecule has 0 saturated heterocycles. The smallest absolute Gasteiger partial charge is 0.119 e. The van der Waals surface area contributed by atoms with Gasteiger partial charge in [0.15, 0.2) is 0 Å². The largest absolute Gasteiger partial charge is 0.497 e. The maximum Gasteiger partial charge on any atom is 0.119 e. The number of hydrogen-bond acceptors (Lipinski definition) is 3. The van der Waals surface area contributed by atoms with Crippen molar-refractivity contribution in [3.63, 3.8) is 0 Å². The van der Waals surface area contributed by atoms with Crippen molar-refractivity contribution >= 4 is 0 Å². The van der Waals surface area contributed by atoms with Crippen molar-refractivity contribution in [3.05, 3.63) is 48.3 Å². The van der Waals surface area contributed by atoms with Crippen LogP contribution in [-0.2, 0) is 6.54 Å². The number of hydrogen-bond donors (Lipinski definition) is 1. The second kappa shape index (κ2) is 6.29. The molecule has 2 aromatic rings. The Morgan fingerprint density at radius 2 is 1.84 bits per heavy atom. The third kappa shape index (κ3) is 3.51. The molecule has 1 atom stereocenters. The summed E-state index contributed by atoms with van der Waals surface area (Å²) in [7, 11) is 1.64. The third-order valence-corrected chi connectivity index (χ3v) is 2.95. The monoisotopic (exact) mass is 261 g/mol. The van der Waals surface area contributed by atoms with E-state index in [1.807, 2.05) is 47.2 Å². The molecule has 0 radical (unpaired) electrons. The van der Waals surface area contributed by atoms with Crippen LogP contribution in [0.5, 0.6) is 11.5 Å². The van der Waals surface area contributed by atoms with E-state index in [0.717, 1.165) is 17.2 Å². The van der Waals surface area contributed by atoms with Crippen LogP contribution in [0.3, 0.4) is 0 Å². The van der Waals surface area contributed by atoms with Crippen LogP contribution in [0.25, 0.3) is 0 Å². The molecule has 1 N–H and O–H groups in total. The predicted molar refractivity (Wildman–Crippen MR) is 73.6 cm³/mol.